The Bertz CT molecular complexity index is 781. The van der Waals surface area contributed by atoms with E-state index in [0.29, 0.717) is 5.13 Å². The maximum absolute atomic E-state index is 12.2. The number of hydrogen-bond acceptors (Lipinski definition) is 6. The Morgan fingerprint density at radius 1 is 1.33 bits per heavy atom. The minimum atomic E-state index is -3.74. The van der Waals surface area contributed by atoms with Crippen molar-refractivity contribution in [2.75, 3.05) is 4.72 Å². The Balaban J connectivity index is 2.25. The lowest BCUT2D eigenvalue weighted by Crippen LogP contribution is -2.15. The van der Waals surface area contributed by atoms with Gasteiger partial charge in [-0.1, -0.05) is 20.8 Å². The molecule has 0 aliphatic carbocycles. The highest BCUT2D eigenvalue weighted by Crippen LogP contribution is 2.27. The summed E-state index contributed by atoms with van der Waals surface area (Å²) in [5.41, 5.74) is 0.845. The molecule has 2 heterocycles. The van der Waals surface area contributed by atoms with E-state index in [0.717, 1.165) is 11.9 Å². The molecule has 2 aromatic rings. The molecule has 0 saturated heterocycles. The van der Waals surface area contributed by atoms with Gasteiger partial charge >= 0.3 is 0 Å². The third-order valence-electron chi connectivity index (χ3n) is 2.66. The zero-order chi connectivity index (χ0) is 15.7. The summed E-state index contributed by atoms with van der Waals surface area (Å²) >= 11 is 1.23. The summed E-state index contributed by atoms with van der Waals surface area (Å²) in [5.74, 6) is 0. The minimum Gasteiger partial charge on any atom is -0.255 e. The minimum absolute atomic E-state index is 0.00555. The van der Waals surface area contributed by atoms with E-state index in [9.17, 15) is 8.42 Å². The molecule has 110 valence electrons. The van der Waals surface area contributed by atoms with Crippen molar-refractivity contribution in [1.29, 1.82) is 5.26 Å². The van der Waals surface area contributed by atoms with Gasteiger partial charge in [0.25, 0.3) is 10.0 Å². The summed E-state index contributed by atoms with van der Waals surface area (Å²) in [4.78, 5) is 8.03. The molecule has 0 saturated carbocycles. The average Bonchev–Trinajstić information content (AvgIpc) is 2.86. The molecule has 2 rings (SSSR count). The number of anilines is 1. The second kappa shape index (κ2) is 5.42. The first-order valence-corrected chi connectivity index (χ1v) is 8.43. The van der Waals surface area contributed by atoms with Crippen molar-refractivity contribution in [3.63, 3.8) is 0 Å². The van der Waals surface area contributed by atoms with Gasteiger partial charge in [0.1, 0.15) is 16.7 Å². The van der Waals surface area contributed by atoms with E-state index in [2.05, 4.69) is 14.7 Å². The number of nitriles is 1. The molecule has 2 aromatic heterocycles. The average molecular weight is 322 g/mol. The van der Waals surface area contributed by atoms with E-state index in [1.54, 1.807) is 0 Å². The molecule has 0 aliphatic heterocycles. The number of nitrogens with zero attached hydrogens (tertiary/aromatic N) is 3. The third kappa shape index (κ3) is 3.56. The zero-order valence-corrected chi connectivity index (χ0v) is 13.4. The Labute approximate surface area is 127 Å². The van der Waals surface area contributed by atoms with Gasteiger partial charge in [-0.2, -0.15) is 5.26 Å². The zero-order valence-electron chi connectivity index (χ0n) is 11.8. The fourth-order valence-electron chi connectivity index (χ4n) is 1.44. The van der Waals surface area contributed by atoms with E-state index >= 15 is 0 Å². The van der Waals surface area contributed by atoms with Gasteiger partial charge in [0, 0.05) is 17.0 Å². The second-order valence-corrected chi connectivity index (χ2v) is 7.92. The van der Waals surface area contributed by atoms with Crippen LogP contribution in [0.4, 0.5) is 5.13 Å². The smallest absolute Gasteiger partial charge is 0.255 e. The number of rotatable bonds is 3. The van der Waals surface area contributed by atoms with Crippen LogP contribution in [0.5, 0.6) is 0 Å². The molecule has 0 atom stereocenters. The van der Waals surface area contributed by atoms with Crippen LogP contribution in [0.2, 0.25) is 0 Å². The topological polar surface area (TPSA) is 95.7 Å². The number of pyridine rings is 1. The second-order valence-electron chi connectivity index (χ2n) is 5.38. The number of sulfonamides is 1. The van der Waals surface area contributed by atoms with Gasteiger partial charge in [0.05, 0.1) is 5.69 Å². The lowest BCUT2D eigenvalue weighted by Gasteiger charge is -2.14. The fraction of sp³-hybridized carbons (Fsp3) is 0.308. The van der Waals surface area contributed by atoms with Crippen molar-refractivity contribution in [3.8, 4) is 6.07 Å². The van der Waals surface area contributed by atoms with Gasteiger partial charge in [0.2, 0.25) is 0 Å². The van der Waals surface area contributed by atoms with E-state index in [1.807, 2.05) is 32.2 Å². The molecule has 6 nitrogen and oxygen atoms in total. The van der Waals surface area contributed by atoms with Crippen molar-refractivity contribution in [2.24, 2.45) is 0 Å². The van der Waals surface area contributed by atoms with E-state index in [-0.39, 0.29) is 16.0 Å². The molecular weight excluding hydrogens is 308 g/mol. The molecule has 0 aliphatic rings. The van der Waals surface area contributed by atoms with Crippen LogP contribution in [0.25, 0.3) is 0 Å². The highest BCUT2D eigenvalue weighted by Gasteiger charge is 2.20. The summed E-state index contributed by atoms with van der Waals surface area (Å²) in [6, 6.07) is 4.54. The van der Waals surface area contributed by atoms with Gasteiger partial charge in [-0.05, 0) is 12.1 Å². The molecule has 0 spiro atoms. The molecule has 0 fully saturated rings. The Hall–Kier alpha value is -1.98. The van der Waals surface area contributed by atoms with Gasteiger partial charge in [-0.25, -0.2) is 18.4 Å². The first kappa shape index (κ1) is 15.4. The number of hydrogen-bond donors (Lipinski definition) is 1. The van der Waals surface area contributed by atoms with E-state index in [1.165, 1.54) is 23.5 Å². The van der Waals surface area contributed by atoms with Crippen LogP contribution in [-0.4, -0.2) is 18.4 Å². The maximum Gasteiger partial charge on any atom is 0.265 e. The van der Waals surface area contributed by atoms with Gasteiger partial charge in [0.15, 0.2) is 5.13 Å². The number of aromatic nitrogens is 2. The standard InChI is InChI=1S/C13H14N4O2S2/c1-13(2,3)11-8-20-12(16-11)17-21(18,19)10-5-4-9(6-14)15-7-10/h4-5,7-8H,1-3H3,(H,16,17). The normalized spacial score (nSPS) is 11.9. The Kier molecular flexibility index (Phi) is 3.98. The number of thiazole rings is 1. The highest BCUT2D eigenvalue weighted by molar-refractivity contribution is 7.93. The first-order valence-electron chi connectivity index (χ1n) is 6.07. The van der Waals surface area contributed by atoms with Gasteiger partial charge < -0.3 is 0 Å². The third-order valence-corrected chi connectivity index (χ3v) is 4.87. The monoisotopic (exact) mass is 322 g/mol. The van der Waals surface area contributed by atoms with Crippen LogP contribution in [0, 0.1) is 11.3 Å². The van der Waals surface area contributed by atoms with Crippen LogP contribution in [0.3, 0.4) is 0 Å². The van der Waals surface area contributed by atoms with Crippen molar-refractivity contribution in [2.45, 2.75) is 31.1 Å². The quantitative estimate of drug-likeness (QED) is 0.936. The molecule has 1 N–H and O–H groups in total. The predicted molar refractivity (Wildman–Crippen MR) is 80.6 cm³/mol. The van der Waals surface area contributed by atoms with Crippen LogP contribution in [0.15, 0.2) is 28.6 Å². The van der Waals surface area contributed by atoms with E-state index < -0.39 is 10.0 Å². The summed E-state index contributed by atoms with van der Waals surface area (Å²) in [5, 5.41) is 10.8. The Morgan fingerprint density at radius 3 is 2.52 bits per heavy atom. The first-order chi connectivity index (χ1) is 9.72. The summed E-state index contributed by atoms with van der Waals surface area (Å²) < 4.78 is 26.8. The molecule has 21 heavy (non-hydrogen) atoms. The number of nitrogens with one attached hydrogen (secondary N) is 1. The van der Waals surface area contributed by atoms with Crippen LogP contribution in [0.1, 0.15) is 32.2 Å². The molecule has 8 heteroatoms. The van der Waals surface area contributed by atoms with E-state index in [4.69, 9.17) is 5.26 Å². The van der Waals surface area contributed by atoms with Gasteiger partial charge in [-0.15, -0.1) is 11.3 Å². The SMILES string of the molecule is CC(C)(C)c1csc(NS(=O)(=O)c2ccc(C#N)nc2)n1. The van der Waals surface area contributed by atoms with Crippen LogP contribution in [-0.2, 0) is 15.4 Å². The van der Waals surface area contributed by atoms with Crippen LogP contribution < -0.4 is 4.72 Å². The summed E-state index contributed by atoms with van der Waals surface area (Å²) in [7, 11) is -3.74. The summed E-state index contributed by atoms with van der Waals surface area (Å²) in [6.45, 7) is 6.01. The predicted octanol–water partition coefficient (Wildman–Crippen LogP) is 2.51. The molecule has 0 radical (unpaired) electrons. The molecule has 0 unspecified atom stereocenters. The molecular formula is C13H14N4O2S2. The fourth-order valence-corrected chi connectivity index (χ4v) is 3.58. The lowest BCUT2D eigenvalue weighted by molar-refractivity contribution is 0.573. The molecule has 0 amide bonds. The molecule has 0 aromatic carbocycles. The van der Waals surface area contributed by atoms with Gasteiger partial charge in [-0.3, -0.25) is 4.72 Å². The van der Waals surface area contributed by atoms with Crippen molar-refractivity contribution in [1.82, 2.24) is 9.97 Å². The maximum atomic E-state index is 12.2. The van der Waals surface area contributed by atoms with Crippen molar-refractivity contribution in [3.05, 3.63) is 35.1 Å². The molecule has 0 bridgehead atoms. The largest absolute Gasteiger partial charge is 0.265 e. The van der Waals surface area contributed by atoms with Crippen molar-refractivity contribution >= 4 is 26.5 Å². The van der Waals surface area contributed by atoms with Crippen molar-refractivity contribution < 1.29 is 8.42 Å². The lowest BCUT2D eigenvalue weighted by atomic mass is 9.93. The summed E-state index contributed by atoms with van der Waals surface area (Å²) in [6.07, 6.45) is 1.15. The Morgan fingerprint density at radius 2 is 2.05 bits per heavy atom. The van der Waals surface area contributed by atoms with Crippen LogP contribution >= 0.6 is 11.3 Å². The highest BCUT2D eigenvalue weighted by atomic mass is 32.2.